The molecule has 1 aromatic carbocycles. The van der Waals surface area contributed by atoms with E-state index in [4.69, 9.17) is 0 Å². The fourth-order valence-corrected chi connectivity index (χ4v) is 0.886. The summed E-state index contributed by atoms with van der Waals surface area (Å²) in [5, 5.41) is 0. The molecular formula is C7H7BrIZn-. The summed E-state index contributed by atoms with van der Waals surface area (Å²) in [6, 6.07) is 8.05. The van der Waals surface area contributed by atoms with Crippen molar-refractivity contribution >= 4 is 39.6 Å². The van der Waals surface area contributed by atoms with Crippen LogP contribution in [-0.2, 0) is 19.5 Å². The van der Waals surface area contributed by atoms with E-state index in [-0.39, 0.29) is 36.5 Å². The topological polar surface area (TPSA) is 0 Å². The first kappa shape index (κ1) is 13.5. The minimum Gasteiger partial charge on any atom is -0.198 e. The number of hydrogen-bond donors (Lipinski definition) is 0. The number of halogens is 2. The zero-order valence-corrected chi connectivity index (χ0v) is 12.3. The van der Waals surface area contributed by atoms with Crippen LogP contribution in [-0.4, -0.2) is 0 Å². The summed E-state index contributed by atoms with van der Waals surface area (Å²) < 4.78 is 1.23. The summed E-state index contributed by atoms with van der Waals surface area (Å²) in [6.45, 7) is 3.81. The zero-order chi connectivity index (χ0) is 5.98. The van der Waals surface area contributed by atoms with Gasteiger partial charge in [0.25, 0.3) is 0 Å². The van der Waals surface area contributed by atoms with E-state index in [0.717, 1.165) is 5.56 Å². The summed E-state index contributed by atoms with van der Waals surface area (Å²) in [4.78, 5) is 0. The van der Waals surface area contributed by atoms with Crippen molar-refractivity contribution in [2.75, 3.05) is 0 Å². The van der Waals surface area contributed by atoms with Gasteiger partial charge in [-0.05, 0) is 0 Å². The average molecular weight is 363 g/mol. The van der Waals surface area contributed by atoms with Crippen LogP contribution in [0.25, 0.3) is 0 Å². The summed E-state index contributed by atoms with van der Waals surface area (Å²) >= 11 is 2.26. The molecular weight excluding hydrogens is 356 g/mol. The predicted octanol–water partition coefficient (Wildman–Crippen LogP) is 3.05. The molecule has 10 heavy (non-hydrogen) atoms. The van der Waals surface area contributed by atoms with Gasteiger partial charge in [-0.1, -0.05) is 9.64 Å². The normalized spacial score (nSPS) is 7.30. The Morgan fingerprint density at radius 1 is 1.20 bits per heavy atom. The molecule has 0 fully saturated rings. The molecule has 0 amide bonds. The van der Waals surface area contributed by atoms with E-state index in [1.165, 1.54) is 3.57 Å². The molecule has 1 rings (SSSR count). The van der Waals surface area contributed by atoms with Crippen molar-refractivity contribution in [1.82, 2.24) is 0 Å². The molecule has 0 nitrogen and oxygen atoms in total. The van der Waals surface area contributed by atoms with Crippen molar-refractivity contribution in [1.29, 1.82) is 0 Å². The Hall–Kier alpha value is 0.923. The first-order chi connectivity index (χ1) is 3.80. The fourth-order valence-electron chi connectivity index (χ4n) is 0.498. The van der Waals surface area contributed by atoms with Crippen molar-refractivity contribution in [2.45, 2.75) is 0 Å². The molecule has 0 aromatic heterocycles. The molecule has 0 saturated carbocycles. The van der Waals surface area contributed by atoms with Crippen LogP contribution in [0.4, 0.5) is 0 Å². The Kier molecular flexibility index (Phi) is 8.95. The van der Waals surface area contributed by atoms with E-state index < -0.39 is 0 Å². The summed E-state index contributed by atoms with van der Waals surface area (Å²) in [6.07, 6.45) is 0. The standard InChI is InChI=1S/C7H6I.BrH.Zn/c1-6-4-2-3-5-7(6)8;;/h2-5H,1H2;1H;/q-1;;. The third-order valence-corrected chi connectivity index (χ3v) is 2.01. The van der Waals surface area contributed by atoms with Crippen LogP contribution < -0.4 is 0 Å². The predicted molar refractivity (Wildman–Crippen MR) is 53.9 cm³/mol. The van der Waals surface area contributed by atoms with Gasteiger partial charge < -0.3 is 0 Å². The van der Waals surface area contributed by atoms with Gasteiger partial charge in [-0.3, -0.25) is 0 Å². The molecule has 0 atom stereocenters. The van der Waals surface area contributed by atoms with Crippen LogP contribution in [0.5, 0.6) is 0 Å². The molecule has 0 radical (unpaired) electrons. The molecule has 0 unspecified atom stereocenters. The third kappa shape index (κ3) is 3.94. The van der Waals surface area contributed by atoms with Gasteiger partial charge in [-0.15, -0.1) is 51.7 Å². The number of benzene rings is 1. The number of rotatable bonds is 0. The maximum atomic E-state index is 3.81. The third-order valence-electron chi connectivity index (χ3n) is 0.958. The monoisotopic (exact) mass is 361 g/mol. The fraction of sp³-hybridized carbons (Fsp3) is 0. The van der Waals surface area contributed by atoms with Crippen molar-refractivity contribution < 1.29 is 19.5 Å². The second kappa shape index (κ2) is 6.62. The summed E-state index contributed by atoms with van der Waals surface area (Å²) in [5.41, 5.74) is 1.10. The Morgan fingerprint density at radius 2 is 1.70 bits per heavy atom. The van der Waals surface area contributed by atoms with E-state index in [2.05, 4.69) is 29.5 Å². The van der Waals surface area contributed by atoms with Crippen LogP contribution >= 0.6 is 39.6 Å². The Morgan fingerprint density at radius 3 is 2.00 bits per heavy atom. The largest absolute Gasteiger partial charge is 0.198 e. The summed E-state index contributed by atoms with van der Waals surface area (Å²) in [5.74, 6) is 0. The van der Waals surface area contributed by atoms with Gasteiger partial charge in [0.1, 0.15) is 0 Å². The van der Waals surface area contributed by atoms with E-state index in [1.807, 2.05) is 24.3 Å². The molecule has 0 aliphatic rings. The van der Waals surface area contributed by atoms with Gasteiger partial charge >= 0.3 is 0 Å². The molecule has 0 aliphatic heterocycles. The zero-order valence-electron chi connectivity index (χ0n) is 5.51. The maximum Gasteiger partial charge on any atom is 0 e. The van der Waals surface area contributed by atoms with Crippen LogP contribution in [0.3, 0.4) is 0 Å². The van der Waals surface area contributed by atoms with E-state index in [0.29, 0.717) is 0 Å². The van der Waals surface area contributed by atoms with Gasteiger partial charge in [0, 0.05) is 19.5 Å². The van der Waals surface area contributed by atoms with Crippen molar-refractivity contribution in [3.8, 4) is 0 Å². The molecule has 0 saturated heterocycles. The van der Waals surface area contributed by atoms with Crippen molar-refractivity contribution in [2.24, 2.45) is 0 Å². The van der Waals surface area contributed by atoms with Crippen molar-refractivity contribution in [3.05, 3.63) is 40.3 Å². The minimum absolute atomic E-state index is 0. The van der Waals surface area contributed by atoms with Crippen LogP contribution in [0.1, 0.15) is 5.56 Å². The SMILES string of the molecule is Br.[CH2-]c1ccccc1I.[Zn]. The van der Waals surface area contributed by atoms with Gasteiger partial charge in [0.2, 0.25) is 0 Å². The smallest absolute Gasteiger partial charge is 0 e. The average Bonchev–Trinajstić information content (AvgIpc) is 1.77. The maximum absolute atomic E-state index is 3.81. The Labute approximate surface area is 98.5 Å². The van der Waals surface area contributed by atoms with Crippen LogP contribution in [0.2, 0.25) is 0 Å². The second-order valence-electron chi connectivity index (χ2n) is 1.59. The first-order valence-corrected chi connectivity index (χ1v) is 3.45. The molecule has 1 aromatic rings. The molecule has 0 bridgehead atoms. The molecule has 3 heteroatoms. The molecule has 0 heterocycles. The number of hydrogen-bond acceptors (Lipinski definition) is 0. The Bertz CT molecular complexity index is 170. The van der Waals surface area contributed by atoms with Gasteiger partial charge in [-0.25, -0.2) is 0 Å². The van der Waals surface area contributed by atoms with Gasteiger partial charge in [-0.2, -0.15) is 18.6 Å². The first-order valence-electron chi connectivity index (χ1n) is 2.37. The summed E-state index contributed by atoms with van der Waals surface area (Å²) in [7, 11) is 0. The van der Waals surface area contributed by atoms with Gasteiger partial charge in [0.05, 0.1) is 0 Å². The molecule has 0 spiro atoms. The van der Waals surface area contributed by atoms with E-state index >= 15 is 0 Å². The van der Waals surface area contributed by atoms with E-state index in [1.54, 1.807) is 0 Å². The van der Waals surface area contributed by atoms with Crippen LogP contribution in [0.15, 0.2) is 24.3 Å². The minimum atomic E-state index is 0. The van der Waals surface area contributed by atoms with Gasteiger partial charge in [0.15, 0.2) is 0 Å². The molecule has 0 aliphatic carbocycles. The van der Waals surface area contributed by atoms with Crippen LogP contribution in [0, 0.1) is 10.5 Å². The van der Waals surface area contributed by atoms with Crippen molar-refractivity contribution in [3.63, 3.8) is 0 Å². The quantitative estimate of drug-likeness (QED) is 0.378. The molecule has 0 N–H and O–H groups in total. The van der Waals surface area contributed by atoms with E-state index in [9.17, 15) is 0 Å². The second-order valence-corrected chi connectivity index (χ2v) is 2.75. The Balaban J connectivity index is 0. The molecule has 52 valence electrons.